The highest BCUT2D eigenvalue weighted by atomic mass is 16.2. The maximum atomic E-state index is 13.6. The molecule has 0 spiro atoms. The molecule has 1 aromatic carbocycles. The van der Waals surface area contributed by atoms with Crippen molar-refractivity contribution in [2.24, 2.45) is 11.3 Å². The topological polar surface area (TPSA) is 90.5 Å². The molecule has 3 rings (SSSR count). The van der Waals surface area contributed by atoms with E-state index in [4.69, 9.17) is 0 Å². The lowest BCUT2D eigenvalue weighted by atomic mass is 9.85. The highest BCUT2D eigenvalue weighted by molar-refractivity contribution is 5.93. The number of benzene rings is 1. The van der Waals surface area contributed by atoms with Crippen molar-refractivity contribution in [3.63, 3.8) is 0 Å². The summed E-state index contributed by atoms with van der Waals surface area (Å²) in [7, 11) is 1.69. The average Bonchev–Trinajstić information content (AvgIpc) is 3.13. The Morgan fingerprint density at radius 1 is 1.19 bits per heavy atom. The maximum absolute atomic E-state index is 13.6. The van der Waals surface area contributed by atoms with Crippen LogP contribution in [0.15, 0.2) is 24.3 Å². The summed E-state index contributed by atoms with van der Waals surface area (Å²) >= 11 is 0. The number of hydrogen-bond donors (Lipinski definition) is 3. The first-order chi connectivity index (χ1) is 15.1. The Bertz CT molecular complexity index is 848. The summed E-state index contributed by atoms with van der Waals surface area (Å²) in [6.45, 7) is 8.53. The van der Waals surface area contributed by atoms with Crippen molar-refractivity contribution in [3.05, 3.63) is 35.4 Å². The van der Waals surface area contributed by atoms with E-state index in [-0.39, 0.29) is 36.2 Å². The van der Waals surface area contributed by atoms with E-state index in [1.807, 2.05) is 32.9 Å². The normalized spacial score (nSPS) is 23.9. The van der Waals surface area contributed by atoms with Crippen molar-refractivity contribution in [1.82, 2.24) is 20.9 Å². The summed E-state index contributed by atoms with van der Waals surface area (Å²) in [6, 6.07) is 7.04. The molecule has 1 saturated heterocycles. The molecule has 0 aromatic heterocycles. The molecule has 3 N–H and O–H groups in total. The minimum absolute atomic E-state index is 0.0194. The van der Waals surface area contributed by atoms with Crippen LogP contribution in [-0.4, -0.2) is 54.8 Å². The number of fused-ring (bicyclic) bond motifs is 1. The van der Waals surface area contributed by atoms with Gasteiger partial charge in [0.1, 0.15) is 12.1 Å². The molecular weight excluding hydrogens is 404 g/mol. The molecule has 32 heavy (non-hydrogen) atoms. The van der Waals surface area contributed by atoms with Gasteiger partial charge in [-0.3, -0.25) is 14.4 Å². The molecule has 1 aromatic rings. The number of aryl methyl sites for hydroxylation is 1. The molecule has 1 aliphatic heterocycles. The zero-order valence-corrected chi connectivity index (χ0v) is 20.0. The zero-order valence-electron chi connectivity index (χ0n) is 20.0. The molecule has 3 amide bonds. The van der Waals surface area contributed by atoms with Gasteiger partial charge in [-0.1, -0.05) is 52.0 Å². The number of hydrogen-bond acceptors (Lipinski definition) is 4. The lowest BCUT2D eigenvalue weighted by Crippen LogP contribution is -2.58. The highest BCUT2D eigenvalue weighted by Crippen LogP contribution is 2.32. The minimum atomic E-state index is -0.695. The van der Waals surface area contributed by atoms with Crippen LogP contribution in [0.3, 0.4) is 0 Å². The van der Waals surface area contributed by atoms with Crippen LogP contribution in [0.1, 0.15) is 64.1 Å². The Labute approximate surface area is 191 Å². The predicted molar refractivity (Wildman–Crippen MR) is 125 cm³/mol. The van der Waals surface area contributed by atoms with E-state index in [2.05, 4.69) is 35.0 Å². The summed E-state index contributed by atoms with van der Waals surface area (Å²) in [5.74, 6) is -0.288. The molecule has 0 unspecified atom stereocenters. The fourth-order valence-corrected chi connectivity index (χ4v) is 4.90. The van der Waals surface area contributed by atoms with Crippen LogP contribution in [0.5, 0.6) is 0 Å². The number of likely N-dealkylation sites (N-methyl/N-ethyl adjacent to an activating group) is 1. The standard InChI is InChI=1S/C25H38N4O3/c1-16-13-20(23(31)27-19-12-8-10-17-9-6-7-11-18(17)19)29(15-16)24(32)22(25(2,3)4)28-21(30)14-26-5/h6-7,9,11,16,19-20,22,26H,8,10,12-15H2,1-5H3,(H,27,31)(H,28,30)/t16-,19+,20-,22+/m0/s1. The first-order valence-electron chi connectivity index (χ1n) is 11.7. The third-order valence-corrected chi connectivity index (χ3v) is 6.54. The Hall–Kier alpha value is -2.41. The Balaban J connectivity index is 1.77. The van der Waals surface area contributed by atoms with E-state index < -0.39 is 17.5 Å². The van der Waals surface area contributed by atoms with Crippen LogP contribution < -0.4 is 16.0 Å². The zero-order chi connectivity index (χ0) is 23.5. The quantitative estimate of drug-likeness (QED) is 0.630. The smallest absolute Gasteiger partial charge is 0.246 e. The van der Waals surface area contributed by atoms with Crippen LogP contribution in [-0.2, 0) is 20.8 Å². The van der Waals surface area contributed by atoms with Gasteiger partial charge in [0.15, 0.2) is 0 Å². The largest absolute Gasteiger partial charge is 0.347 e. The summed E-state index contributed by atoms with van der Waals surface area (Å²) < 4.78 is 0. The predicted octanol–water partition coefficient (Wildman–Crippen LogP) is 2.17. The van der Waals surface area contributed by atoms with Gasteiger partial charge < -0.3 is 20.9 Å². The minimum Gasteiger partial charge on any atom is -0.347 e. The van der Waals surface area contributed by atoms with E-state index in [0.717, 1.165) is 19.3 Å². The van der Waals surface area contributed by atoms with Gasteiger partial charge in [-0.05, 0) is 55.2 Å². The average molecular weight is 443 g/mol. The van der Waals surface area contributed by atoms with Gasteiger partial charge in [0.05, 0.1) is 12.6 Å². The number of amides is 3. The molecule has 7 heteroatoms. The van der Waals surface area contributed by atoms with Gasteiger partial charge in [0.2, 0.25) is 17.7 Å². The third kappa shape index (κ3) is 5.49. The van der Waals surface area contributed by atoms with Gasteiger partial charge in [-0.15, -0.1) is 0 Å². The molecule has 0 bridgehead atoms. The van der Waals surface area contributed by atoms with E-state index in [1.165, 1.54) is 11.1 Å². The molecule has 1 heterocycles. The number of nitrogens with zero attached hydrogens (tertiary/aromatic N) is 1. The van der Waals surface area contributed by atoms with Gasteiger partial charge >= 0.3 is 0 Å². The Morgan fingerprint density at radius 2 is 1.91 bits per heavy atom. The number of likely N-dealkylation sites (tertiary alicyclic amines) is 1. The molecule has 0 radical (unpaired) electrons. The van der Waals surface area contributed by atoms with Crippen molar-refractivity contribution in [3.8, 4) is 0 Å². The SMILES string of the molecule is CNCC(=O)N[C@H](C(=O)N1C[C@@H](C)C[C@H]1C(=O)N[C@@H]1CCCc2ccccc21)C(C)(C)C. The fraction of sp³-hybridized carbons (Fsp3) is 0.640. The van der Waals surface area contributed by atoms with Crippen molar-refractivity contribution >= 4 is 17.7 Å². The summed E-state index contributed by atoms with van der Waals surface area (Å²) in [4.78, 5) is 40.9. The van der Waals surface area contributed by atoms with Crippen molar-refractivity contribution in [2.45, 2.75) is 71.5 Å². The summed E-state index contributed by atoms with van der Waals surface area (Å²) in [5.41, 5.74) is 2.00. The van der Waals surface area contributed by atoms with E-state index in [1.54, 1.807) is 11.9 Å². The molecule has 1 aliphatic carbocycles. The number of carbonyl (C=O) groups is 3. The van der Waals surface area contributed by atoms with Crippen LogP contribution in [0.25, 0.3) is 0 Å². The fourth-order valence-electron chi connectivity index (χ4n) is 4.90. The van der Waals surface area contributed by atoms with E-state index in [9.17, 15) is 14.4 Å². The van der Waals surface area contributed by atoms with Crippen LogP contribution >= 0.6 is 0 Å². The number of nitrogens with one attached hydrogen (secondary N) is 3. The first kappa shape index (κ1) is 24.2. The monoisotopic (exact) mass is 442 g/mol. The van der Waals surface area contributed by atoms with Crippen molar-refractivity contribution < 1.29 is 14.4 Å². The summed E-state index contributed by atoms with van der Waals surface area (Å²) in [5, 5.41) is 8.93. The number of carbonyl (C=O) groups excluding carboxylic acids is 3. The van der Waals surface area contributed by atoms with Gasteiger partial charge in [0.25, 0.3) is 0 Å². The van der Waals surface area contributed by atoms with Crippen LogP contribution in [0.4, 0.5) is 0 Å². The molecule has 7 nitrogen and oxygen atoms in total. The van der Waals surface area contributed by atoms with E-state index >= 15 is 0 Å². The molecule has 1 fully saturated rings. The third-order valence-electron chi connectivity index (χ3n) is 6.54. The lowest BCUT2D eigenvalue weighted by molar-refractivity contribution is -0.144. The van der Waals surface area contributed by atoms with Crippen LogP contribution in [0.2, 0.25) is 0 Å². The molecule has 0 saturated carbocycles. The number of rotatable bonds is 6. The van der Waals surface area contributed by atoms with Crippen LogP contribution in [0, 0.1) is 11.3 Å². The molecule has 4 atom stereocenters. The lowest BCUT2D eigenvalue weighted by Gasteiger charge is -2.36. The molecular formula is C25H38N4O3. The van der Waals surface area contributed by atoms with Crippen molar-refractivity contribution in [2.75, 3.05) is 20.1 Å². The highest BCUT2D eigenvalue weighted by Gasteiger charge is 2.44. The van der Waals surface area contributed by atoms with Crippen molar-refractivity contribution in [1.29, 1.82) is 0 Å². The Morgan fingerprint density at radius 3 is 2.59 bits per heavy atom. The second-order valence-corrected chi connectivity index (χ2v) is 10.4. The second kappa shape index (κ2) is 10.0. The van der Waals surface area contributed by atoms with Gasteiger partial charge in [-0.25, -0.2) is 0 Å². The first-order valence-corrected chi connectivity index (χ1v) is 11.7. The van der Waals surface area contributed by atoms with E-state index in [0.29, 0.717) is 13.0 Å². The second-order valence-electron chi connectivity index (χ2n) is 10.4. The maximum Gasteiger partial charge on any atom is 0.246 e. The molecule has 2 aliphatic rings. The van der Waals surface area contributed by atoms with Gasteiger partial charge in [-0.2, -0.15) is 0 Å². The molecule has 176 valence electrons. The summed E-state index contributed by atoms with van der Waals surface area (Å²) in [6.07, 6.45) is 3.61. The Kier molecular flexibility index (Phi) is 7.59. The van der Waals surface area contributed by atoms with Gasteiger partial charge in [0, 0.05) is 6.54 Å².